The molecule has 0 saturated heterocycles. The molecule has 1 aromatic heterocycles. The van der Waals surface area contributed by atoms with E-state index in [2.05, 4.69) is 15.6 Å². The van der Waals surface area contributed by atoms with Crippen LogP contribution in [-0.4, -0.2) is 34.7 Å². The van der Waals surface area contributed by atoms with Crippen molar-refractivity contribution in [2.75, 3.05) is 0 Å². The summed E-state index contributed by atoms with van der Waals surface area (Å²) in [5, 5.41) is 6.53. The number of nitrogens with one attached hydrogen (secondary N) is 2. The molecule has 2 N–H and O–H groups in total. The first kappa shape index (κ1) is 24.8. The van der Waals surface area contributed by atoms with Crippen LogP contribution < -0.4 is 10.6 Å². The number of fused-ring (bicyclic) bond motifs is 1. The molecule has 10 heteroatoms. The lowest BCUT2D eigenvalue weighted by Crippen LogP contribution is -2.54. The zero-order valence-corrected chi connectivity index (χ0v) is 20.0. The summed E-state index contributed by atoms with van der Waals surface area (Å²) >= 11 is 6.21. The number of ether oxygens (including phenoxy) is 1. The Kier molecular flexibility index (Phi) is 6.64. The zero-order valence-electron chi connectivity index (χ0n) is 19.2. The number of alkyl carbamates (subject to hydrolysis) is 1. The lowest BCUT2D eigenvalue weighted by atomic mass is 9.86. The van der Waals surface area contributed by atoms with E-state index in [0.29, 0.717) is 30.4 Å². The van der Waals surface area contributed by atoms with E-state index in [1.165, 1.54) is 12.3 Å². The molecule has 2 aromatic carbocycles. The lowest BCUT2D eigenvalue weighted by Gasteiger charge is -2.36. The van der Waals surface area contributed by atoms with Gasteiger partial charge in [-0.2, -0.15) is 0 Å². The highest BCUT2D eigenvalue weighted by Crippen LogP contribution is 2.35. The largest absolute Gasteiger partial charge is 0.444 e. The molecule has 3 aromatic rings. The Balaban J connectivity index is 1.52. The number of halogens is 4. The standard InChI is InChI=1S/C25H23ClF3N3O3/c1-25(2,3)35-24(34)32-15-9-14(10-15)31-23(33)12-4-5-16-17(6-12)22(30-11-18(16)26)21-19(28)7-13(27)8-20(21)29/h4-8,11,14-15H,9-10H2,1-3H3,(H,31,33)(H,32,34). The van der Waals surface area contributed by atoms with Crippen LogP contribution in [0.4, 0.5) is 18.0 Å². The molecule has 0 aliphatic heterocycles. The Hall–Kier alpha value is -3.33. The smallest absolute Gasteiger partial charge is 0.407 e. The monoisotopic (exact) mass is 505 g/mol. The third kappa shape index (κ3) is 5.51. The molecule has 6 nitrogen and oxygen atoms in total. The molecular weight excluding hydrogens is 483 g/mol. The number of carbonyl (C=O) groups is 2. The molecule has 2 amide bonds. The van der Waals surface area contributed by atoms with Gasteiger partial charge in [0, 0.05) is 46.7 Å². The van der Waals surface area contributed by atoms with Crippen LogP contribution in [0.3, 0.4) is 0 Å². The van der Waals surface area contributed by atoms with Crippen LogP contribution in [-0.2, 0) is 4.74 Å². The van der Waals surface area contributed by atoms with Crippen molar-refractivity contribution < 1.29 is 27.5 Å². The van der Waals surface area contributed by atoms with Gasteiger partial charge in [-0.1, -0.05) is 17.7 Å². The maximum absolute atomic E-state index is 14.5. The first-order valence-corrected chi connectivity index (χ1v) is 11.3. The van der Waals surface area contributed by atoms with E-state index in [-0.39, 0.29) is 33.7 Å². The molecule has 0 spiro atoms. The predicted octanol–water partition coefficient (Wildman–Crippen LogP) is 5.76. The van der Waals surface area contributed by atoms with Gasteiger partial charge in [0.05, 0.1) is 16.3 Å². The molecule has 1 aliphatic carbocycles. The van der Waals surface area contributed by atoms with E-state index >= 15 is 0 Å². The maximum atomic E-state index is 14.5. The van der Waals surface area contributed by atoms with Gasteiger partial charge in [0.25, 0.3) is 5.91 Å². The van der Waals surface area contributed by atoms with Crippen molar-refractivity contribution in [2.45, 2.75) is 51.3 Å². The number of hydrogen-bond donors (Lipinski definition) is 2. The van der Waals surface area contributed by atoms with Crippen LogP contribution in [0.2, 0.25) is 5.02 Å². The third-order valence-electron chi connectivity index (χ3n) is 5.54. The van der Waals surface area contributed by atoms with Crippen LogP contribution in [0.25, 0.3) is 22.0 Å². The van der Waals surface area contributed by atoms with Gasteiger partial charge in [-0.05, 0) is 45.7 Å². The van der Waals surface area contributed by atoms with Gasteiger partial charge in [-0.15, -0.1) is 0 Å². The van der Waals surface area contributed by atoms with Gasteiger partial charge in [-0.25, -0.2) is 18.0 Å². The van der Waals surface area contributed by atoms with Crippen LogP contribution >= 0.6 is 11.6 Å². The molecule has 1 heterocycles. The summed E-state index contributed by atoms with van der Waals surface area (Å²) in [6.45, 7) is 5.31. The minimum Gasteiger partial charge on any atom is -0.444 e. The topological polar surface area (TPSA) is 80.3 Å². The number of benzene rings is 2. The van der Waals surface area contributed by atoms with Crippen molar-refractivity contribution in [3.8, 4) is 11.3 Å². The first-order chi connectivity index (χ1) is 16.4. The summed E-state index contributed by atoms with van der Waals surface area (Å²) < 4.78 is 47.5. The lowest BCUT2D eigenvalue weighted by molar-refractivity contribution is 0.0465. The summed E-state index contributed by atoms with van der Waals surface area (Å²) in [4.78, 5) is 28.8. The number of rotatable bonds is 4. The highest BCUT2D eigenvalue weighted by molar-refractivity contribution is 6.35. The Morgan fingerprint density at radius 1 is 1.00 bits per heavy atom. The van der Waals surface area contributed by atoms with Crippen molar-refractivity contribution in [3.05, 3.63) is 64.6 Å². The fourth-order valence-corrected chi connectivity index (χ4v) is 4.13. The Morgan fingerprint density at radius 3 is 2.26 bits per heavy atom. The highest BCUT2D eigenvalue weighted by atomic mass is 35.5. The van der Waals surface area contributed by atoms with Crippen LogP contribution in [0.5, 0.6) is 0 Å². The number of pyridine rings is 1. The van der Waals surface area contributed by atoms with E-state index in [4.69, 9.17) is 16.3 Å². The van der Waals surface area contributed by atoms with Crippen molar-refractivity contribution in [1.29, 1.82) is 0 Å². The molecule has 0 radical (unpaired) electrons. The zero-order chi connectivity index (χ0) is 25.5. The summed E-state index contributed by atoms with van der Waals surface area (Å²) in [6.07, 6.45) is 1.79. The Labute approximate surface area is 204 Å². The van der Waals surface area contributed by atoms with E-state index < -0.39 is 40.6 Å². The van der Waals surface area contributed by atoms with Crippen LogP contribution in [0.15, 0.2) is 36.5 Å². The summed E-state index contributed by atoms with van der Waals surface area (Å²) in [5.41, 5.74) is -0.984. The van der Waals surface area contributed by atoms with Crippen molar-refractivity contribution in [2.24, 2.45) is 0 Å². The number of aromatic nitrogens is 1. The first-order valence-electron chi connectivity index (χ1n) is 10.9. The van der Waals surface area contributed by atoms with Gasteiger partial charge in [-0.3, -0.25) is 9.78 Å². The predicted molar refractivity (Wildman–Crippen MR) is 126 cm³/mol. The molecular formula is C25H23ClF3N3O3. The maximum Gasteiger partial charge on any atom is 0.407 e. The molecule has 0 bridgehead atoms. The molecule has 1 fully saturated rings. The highest BCUT2D eigenvalue weighted by Gasteiger charge is 2.33. The van der Waals surface area contributed by atoms with Crippen LogP contribution in [0.1, 0.15) is 44.0 Å². The van der Waals surface area contributed by atoms with Gasteiger partial charge in [0.2, 0.25) is 0 Å². The fourth-order valence-electron chi connectivity index (χ4n) is 3.91. The number of amides is 2. The second kappa shape index (κ2) is 9.37. The normalized spacial score (nSPS) is 17.6. The fraction of sp³-hybridized carbons (Fsp3) is 0.320. The molecule has 0 atom stereocenters. The van der Waals surface area contributed by atoms with Gasteiger partial charge < -0.3 is 15.4 Å². The Bertz CT molecular complexity index is 1300. The SMILES string of the molecule is CC(C)(C)OC(=O)NC1CC(NC(=O)c2ccc3c(Cl)cnc(-c4c(F)cc(F)cc4F)c3c2)C1. The quantitative estimate of drug-likeness (QED) is 0.472. The van der Waals surface area contributed by atoms with E-state index in [1.807, 2.05) is 0 Å². The second-order valence-electron chi connectivity index (χ2n) is 9.44. The molecule has 35 heavy (non-hydrogen) atoms. The van der Waals surface area contributed by atoms with Crippen LogP contribution in [0, 0.1) is 17.5 Å². The van der Waals surface area contributed by atoms with E-state index in [1.54, 1.807) is 32.9 Å². The van der Waals surface area contributed by atoms with Gasteiger partial charge in [0.1, 0.15) is 23.1 Å². The summed E-state index contributed by atoms with van der Waals surface area (Å²) in [7, 11) is 0. The van der Waals surface area contributed by atoms with Gasteiger partial charge >= 0.3 is 6.09 Å². The minimum atomic E-state index is -1.12. The third-order valence-corrected chi connectivity index (χ3v) is 5.84. The molecule has 0 unspecified atom stereocenters. The average Bonchev–Trinajstić information content (AvgIpc) is 2.71. The minimum absolute atomic E-state index is 0.0979. The Morgan fingerprint density at radius 2 is 1.63 bits per heavy atom. The van der Waals surface area contributed by atoms with Crippen molar-refractivity contribution in [1.82, 2.24) is 15.6 Å². The number of nitrogens with zero attached hydrogens (tertiary/aromatic N) is 1. The molecule has 1 aliphatic rings. The van der Waals surface area contributed by atoms with E-state index in [9.17, 15) is 22.8 Å². The molecule has 184 valence electrons. The molecule has 1 saturated carbocycles. The average molecular weight is 506 g/mol. The van der Waals surface area contributed by atoms with E-state index in [0.717, 1.165) is 0 Å². The number of carbonyl (C=O) groups excluding carboxylic acids is 2. The molecule has 4 rings (SSSR count). The number of hydrogen-bond acceptors (Lipinski definition) is 4. The van der Waals surface area contributed by atoms with Gasteiger partial charge in [0.15, 0.2) is 0 Å². The summed E-state index contributed by atoms with van der Waals surface area (Å²) in [5.74, 6) is -3.70. The second-order valence-corrected chi connectivity index (χ2v) is 9.85. The summed E-state index contributed by atoms with van der Waals surface area (Å²) in [6, 6.07) is 5.39. The van der Waals surface area contributed by atoms with Crippen molar-refractivity contribution >= 4 is 34.4 Å². The van der Waals surface area contributed by atoms with Crippen molar-refractivity contribution in [3.63, 3.8) is 0 Å².